The minimum Gasteiger partial charge on any atom is -0.296 e. The Morgan fingerprint density at radius 2 is 2.00 bits per heavy atom. The molecule has 2 heterocycles. The second-order valence-electron chi connectivity index (χ2n) is 4.69. The van der Waals surface area contributed by atoms with E-state index in [1.807, 2.05) is 30.3 Å². The van der Waals surface area contributed by atoms with Crippen LogP contribution in [0.4, 0.5) is 0 Å². The number of pyridine rings is 1. The minimum absolute atomic E-state index is 0.345. The van der Waals surface area contributed by atoms with Crippen molar-refractivity contribution < 1.29 is 0 Å². The SMILES string of the molecule is Cc1cn(Cc2cccc3cccnc23)c(=O)[nH]c1=O. The van der Waals surface area contributed by atoms with E-state index in [-0.39, 0.29) is 5.56 Å². The lowest BCUT2D eigenvalue weighted by atomic mass is 10.1. The molecule has 20 heavy (non-hydrogen) atoms. The molecule has 5 nitrogen and oxygen atoms in total. The zero-order chi connectivity index (χ0) is 14.1. The maximum atomic E-state index is 11.8. The van der Waals surface area contributed by atoms with Crippen LogP contribution in [0.5, 0.6) is 0 Å². The minimum atomic E-state index is -0.409. The van der Waals surface area contributed by atoms with Crippen molar-refractivity contribution in [3.05, 3.63) is 74.7 Å². The number of nitrogens with one attached hydrogen (secondary N) is 1. The van der Waals surface area contributed by atoms with Gasteiger partial charge in [-0.2, -0.15) is 0 Å². The molecule has 3 rings (SSSR count). The van der Waals surface area contributed by atoms with Gasteiger partial charge in [0, 0.05) is 23.3 Å². The van der Waals surface area contributed by atoms with Gasteiger partial charge < -0.3 is 0 Å². The largest absolute Gasteiger partial charge is 0.328 e. The first-order valence-corrected chi connectivity index (χ1v) is 6.28. The predicted molar refractivity (Wildman–Crippen MR) is 76.9 cm³/mol. The van der Waals surface area contributed by atoms with Crippen LogP contribution in [0.15, 0.2) is 52.3 Å². The van der Waals surface area contributed by atoms with Gasteiger partial charge in [0.25, 0.3) is 5.56 Å². The number of H-pyrrole nitrogens is 1. The summed E-state index contributed by atoms with van der Waals surface area (Å²) in [5.41, 5.74) is 1.57. The Labute approximate surface area is 114 Å². The van der Waals surface area contributed by atoms with Crippen LogP contribution in [-0.2, 0) is 6.54 Å². The lowest BCUT2D eigenvalue weighted by molar-refractivity contribution is 0.716. The average molecular weight is 267 g/mol. The second kappa shape index (κ2) is 4.77. The third-order valence-corrected chi connectivity index (χ3v) is 3.25. The van der Waals surface area contributed by atoms with E-state index in [1.54, 1.807) is 19.3 Å². The molecule has 0 aliphatic rings. The number of hydrogen-bond acceptors (Lipinski definition) is 3. The molecule has 1 aromatic carbocycles. The summed E-state index contributed by atoms with van der Waals surface area (Å²) in [7, 11) is 0. The van der Waals surface area contributed by atoms with Crippen molar-refractivity contribution in [2.75, 3.05) is 0 Å². The van der Waals surface area contributed by atoms with Crippen LogP contribution in [0.1, 0.15) is 11.1 Å². The van der Waals surface area contributed by atoms with Crippen LogP contribution in [0.3, 0.4) is 0 Å². The molecule has 5 heteroatoms. The molecule has 0 unspecified atom stereocenters. The van der Waals surface area contributed by atoms with E-state index in [4.69, 9.17) is 0 Å². The van der Waals surface area contributed by atoms with Gasteiger partial charge in [-0.05, 0) is 18.6 Å². The standard InChI is InChI=1S/C15H13N3O2/c1-10-8-18(15(20)17-14(10)19)9-12-5-2-4-11-6-3-7-16-13(11)12/h2-8H,9H2,1H3,(H,17,19,20). The third-order valence-electron chi connectivity index (χ3n) is 3.25. The lowest BCUT2D eigenvalue weighted by Gasteiger charge is -2.08. The monoisotopic (exact) mass is 267 g/mol. The van der Waals surface area contributed by atoms with Crippen LogP contribution >= 0.6 is 0 Å². The molecule has 0 amide bonds. The van der Waals surface area contributed by atoms with Gasteiger partial charge in [0.15, 0.2) is 0 Å². The molecule has 0 radical (unpaired) electrons. The zero-order valence-electron chi connectivity index (χ0n) is 11.0. The summed E-state index contributed by atoms with van der Waals surface area (Å²) in [5, 5.41) is 1.03. The highest BCUT2D eigenvalue weighted by atomic mass is 16.2. The molecule has 1 N–H and O–H groups in total. The summed E-state index contributed by atoms with van der Waals surface area (Å²) in [4.78, 5) is 29.9. The number of para-hydroxylation sites is 1. The maximum Gasteiger partial charge on any atom is 0.328 e. The molecule has 0 spiro atoms. The smallest absolute Gasteiger partial charge is 0.296 e. The molecule has 2 aromatic heterocycles. The molecule has 0 saturated heterocycles. The van der Waals surface area contributed by atoms with Gasteiger partial charge in [-0.25, -0.2) is 4.79 Å². The summed E-state index contributed by atoms with van der Waals surface area (Å²) in [5.74, 6) is 0. The first-order chi connectivity index (χ1) is 9.65. The van der Waals surface area contributed by atoms with Crippen LogP contribution < -0.4 is 11.2 Å². The molecular weight excluding hydrogens is 254 g/mol. The number of aromatic amines is 1. The average Bonchev–Trinajstić information content (AvgIpc) is 2.45. The Morgan fingerprint density at radius 1 is 1.20 bits per heavy atom. The summed E-state index contributed by atoms with van der Waals surface area (Å²) < 4.78 is 1.49. The van der Waals surface area contributed by atoms with Crippen molar-refractivity contribution in [3.63, 3.8) is 0 Å². The highest BCUT2D eigenvalue weighted by molar-refractivity contribution is 5.81. The molecule has 0 atom stereocenters. The molecular formula is C15H13N3O2. The van der Waals surface area contributed by atoms with Crippen molar-refractivity contribution in [2.45, 2.75) is 13.5 Å². The Hall–Kier alpha value is -2.69. The van der Waals surface area contributed by atoms with E-state index < -0.39 is 5.69 Å². The number of hydrogen-bond donors (Lipinski definition) is 1. The first kappa shape index (κ1) is 12.3. The van der Waals surface area contributed by atoms with Crippen LogP contribution in [0.2, 0.25) is 0 Å². The maximum absolute atomic E-state index is 11.8. The highest BCUT2D eigenvalue weighted by Gasteiger charge is 2.05. The van der Waals surface area contributed by atoms with Crippen molar-refractivity contribution in [3.8, 4) is 0 Å². The van der Waals surface area contributed by atoms with Crippen molar-refractivity contribution in [2.24, 2.45) is 0 Å². The van der Waals surface area contributed by atoms with Gasteiger partial charge >= 0.3 is 5.69 Å². The summed E-state index contributed by atoms with van der Waals surface area (Å²) >= 11 is 0. The molecule has 0 saturated carbocycles. The topological polar surface area (TPSA) is 67.8 Å². The van der Waals surface area contributed by atoms with Gasteiger partial charge in [0.2, 0.25) is 0 Å². The van der Waals surface area contributed by atoms with Crippen molar-refractivity contribution in [1.29, 1.82) is 0 Å². The fourth-order valence-electron chi connectivity index (χ4n) is 2.21. The van der Waals surface area contributed by atoms with Crippen LogP contribution in [0.25, 0.3) is 10.9 Å². The van der Waals surface area contributed by atoms with Crippen molar-refractivity contribution >= 4 is 10.9 Å². The third kappa shape index (κ3) is 2.14. The molecule has 0 aliphatic heterocycles. The first-order valence-electron chi connectivity index (χ1n) is 6.28. The molecule has 0 fully saturated rings. The molecule has 0 bridgehead atoms. The normalized spacial score (nSPS) is 10.8. The van der Waals surface area contributed by atoms with Gasteiger partial charge in [0.05, 0.1) is 12.1 Å². The highest BCUT2D eigenvalue weighted by Crippen LogP contribution is 2.16. The van der Waals surface area contributed by atoms with Crippen LogP contribution in [-0.4, -0.2) is 14.5 Å². The number of aromatic nitrogens is 3. The zero-order valence-corrected chi connectivity index (χ0v) is 11.0. The van der Waals surface area contributed by atoms with Gasteiger partial charge in [0.1, 0.15) is 0 Å². The van der Waals surface area contributed by atoms with E-state index in [0.717, 1.165) is 16.5 Å². The number of rotatable bonds is 2. The Balaban J connectivity index is 2.13. The number of fused-ring (bicyclic) bond motifs is 1. The summed E-state index contributed by atoms with van der Waals surface area (Å²) in [6, 6.07) is 9.70. The second-order valence-corrected chi connectivity index (χ2v) is 4.69. The molecule has 100 valence electrons. The Morgan fingerprint density at radius 3 is 2.85 bits per heavy atom. The van der Waals surface area contributed by atoms with E-state index in [2.05, 4.69) is 9.97 Å². The Bertz CT molecular complexity index is 888. The van der Waals surface area contributed by atoms with E-state index >= 15 is 0 Å². The Kier molecular flexibility index (Phi) is 2.95. The summed E-state index contributed by atoms with van der Waals surface area (Å²) in [6.45, 7) is 2.06. The van der Waals surface area contributed by atoms with E-state index in [1.165, 1.54) is 4.57 Å². The lowest BCUT2D eigenvalue weighted by Crippen LogP contribution is -2.31. The van der Waals surface area contributed by atoms with Crippen molar-refractivity contribution in [1.82, 2.24) is 14.5 Å². The quantitative estimate of drug-likeness (QED) is 0.764. The van der Waals surface area contributed by atoms with Gasteiger partial charge in [-0.15, -0.1) is 0 Å². The van der Waals surface area contributed by atoms with E-state index in [9.17, 15) is 9.59 Å². The van der Waals surface area contributed by atoms with Crippen LogP contribution in [0, 0.1) is 6.92 Å². The molecule has 3 aromatic rings. The fourth-order valence-corrected chi connectivity index (χ4v) is 2.21. The predicted octanol–water partition coefficient (Wildman–Crippen LogP) is 1.44. The number of benzene rings is 1. The fraction of sp³-hybridized carbons (Fsp3) is 0.133. The summed E-state index contributed by atoms with van der Waals surface area (Å²) in [6.07, 6.45) is 3.30. The number of nitrogens with zero attached hydrogens (tertiary/aromatic N) is 2. The number of aryl methyl sites for hydroxylation is 1. The van der Waals surface area contributed by atoms with E-state index in [0.29, 0.717) is 12.1 Å². The van der Waals surface area contributed by atoms with Gasteiger partial charge in [-0.3, -0.25) is 19.3 Å². The van der Waals surface area contributed by atoms with Gasteiger partial charge in [-0.1, -0.05) is 24.3 Å². The molecule has 0 aliphatic carbocycles.